The molecule has 8 atom stereocenters. The van der Waals surface area contributed by atoms with E-state index < -0.39 is 36.6 Å². The van der Waals surface area contributed by atoms with E-state index >= 15 is 0 Å². The van der Waals surface area contributed by atoms with Crippen LogP contribution in [0.15, 0.2) is 60.7 Å². The van der Waals surface area contributed by atoms with E-state index in [1.165, 1.54) is 0 Å². The van der Waals surface area contributed by atoms with Gasteiger partial charge in [0.2, 0.25) is 0 Å². The SMILES string of the molecule is OC1CCCC(C(OC(c2ccccc2)C2CCCC(O)C2O)c2ccccc2)C1O. The molecule has 8 unspecified atom stereocenters. The summed E-state index contributed by atoms with van der Waals surface area (Å²) in [5.41, 5.74) is 1.90. The highest BCUT2D eigenvalue weighted by Crippen LogP contribution is 2.45. The van der Waals surface area contributed by atoms with Crippen molar-refractivity contribution in [3.8, 4) is 0 Å². The standard InChI is InChI=1S/C26H34O5/c27-21-15-7-13-19(23(21)29)25(17-9-3-1-4-10-17)31-26(18-11-5-2-6-12-18)20-14-8-16-22(28)24(20)30/h1-6,9-12,19-30H,7-8,13-16H2. The number of hydrogen-bond acceptors (Lipinski definition) is 5. The highest BCUT2D eigenvalue weighted by atomic mass is 16.5. The summed E-state index contributed by atoms with van der Waals surface area (Å²) < 4.78 is 6.80. The first kappa shape index (κ1) is 22.4. The van der Waals surface area contributed by atoms with Gasteiger partial charge in [-0.15, -0.1) is 0 Å². The zero-order valence-corrected chi connectivity index (χ0v) is 17.8. The minimum Gasteiger partial charge on any atom is -0.390 e. The van der Waals surface area contributed by atoms with Gasteiger partial charge < -0.3 is 25.2 Å². The molecule has 2 fully saturated rings. The number of benzene rings is 2. The van der Waals surface area contributed by atoms with E-state index in [0.29, 0.717) is 12.8 Å². The van der Waals surface area contributed by atoms with Crippen molar-refractivity contribution in [1.82, 2.24) is 0 Å². The molecule has 5 heteroatoms. The van der Waals surface area contributed by atoms with Crippen LogP contribution in [-0.2, 0) is 4.74 Å². The van der Waals surface area contributed by atoms with Gasteiger partial charge >= 0.3 is 0 Å². The molecular weight excluding hydrogens is 392 g/mol. The third-order valence-corrected chi connectivity index (χ3v) is 7.07. The molecule has 2 aliphatic carbocycles. The van der Waals surface area contributed by atoms with Gasteiger partial charge in [-0.3, -0.25) is 0 Å². The summed E-state index contributed by atoms with van der Waals surface area (Å²) in [6.07, 6.45) is 0.261. The quantitative estimate of drug-likeness (QED) is 0.567. The van der Waals surface area contributed by atoms with Crippen LogP contribution >= 0.6 is 0 Å². The Balaban J connectivity index is 1.70. The summed E-state index contributed by atoms with van der Waals surface area (Å²) in [4.78, 5) is 0. The van der Waals surface area contributed by atoms with Crippen LogP contribution < -0.4 is 0 Å². The fourth-order valence-corrected chi connectivity index (χ4v) is 5.34. The van der Waals surface area contributed by atoms with Gasteiger partial charge in [-0.05, 0) is 36.8 Å². The van der Waals surface area contributed by atoms with Crippen molar-refractivity contribution in [2.24, 2.45) is 11.8 Å². The van der Waals surface area contributed by atoms with E-state index in [2.05, 4.69) is 0 Å². The van der Waals surface area contributed by atoms with Gasteiger partial charge in [-0.25, -0.2) is 0 Å². The molecule has 0 heterocycles. The highest BCUT2D eigenvalue weighted by molar-refractivity contribution is 5.22. The molecule has 168 valence electrons. The van der Waals surface area contributed by atoms with E-state index in [4.69, 9.17) is 4.74 Å². The van der Waals surface area contributed by atoms with E-state index in [-0.39, 0.29) is 11.8 Å². The van der Waals surface area contributed by atoms with Gasteiger partial charge in [0.05, 0.1) is 36.6 Å². The molecule has 5 nitrogen and oxygen atoms in total. The Morgan fingerprint density at radius 3 is 1.35 bits per heavy atom. The van der Waals surface area contributed by atoms with Gasteiger partial charge in [0.1, 0.15) is 0 Å². The molecule has 0 bridgehead atoms. The first-order valence-electron chi connectivity index (χ1n) is 11.5. The summed E-state index contributed by atoms with van der Waals surface area (Å²) in [7, 11) is 0. The average molecular weight is 427 g/mol. The molecule has 31 heavy (non-hydrogen) atoms. The second kappa shape index (κ2) is 10.2. The molecule has 2 saturated carbocycles. The second-order valence-corrected chi connectivity index (χ2v) is 9.10. The van der Waals surface area contributed by atoms with Crippen molar-refractivity contribution in [1.29, 1.82) is 0 Å². The molecule has 0 amide bonds. The maximum absolute atomic E-state index is 10.8. The molecular formula is C26H34O5. The van der Waals surface area contributed by atoms with Crippen molar-refractivity contribution >= 4 is 0 Å². The topological polar surface area (TPSA) is 90.2 Å². The monoisotopic (exact) mass is 426 g/mol. The number of aliphatic hydroxyl groups is 4. The molecule has 2 aliphatic rings. The lowest BCUT2D eigenvalue weighted by atomic mass is 9.77. The predicted molar refractivity (Wildman–Crippen MR) is 118 cm³/mol. The maximum atomic E-state index is 10.8. The van der Waals surface area contributed by atoms with Crippen LogP contribution in [0.4, 0.5) is 0 Å². The van der Waals surface area contributed by atoms with Crippen LogP contribution in [0, 0.1) is 11.8 Å². The zero-order chi connectivity index (χ0) is 21.8. The number of hydrogen-bond donors (Lipinski definition) is 4. The molecule has 0 aromatic heterocycles. The molecule has 4 rings (SSSR count). The van der Waals surface area contributed by atoms with Crippen molar-refractivity contribution in [2.75, 3.05) is 0 Å². The van der Waals surface area contributed by atoms with Gasteiger partial charge in [0, 0.05) is 11.8 Å². The number of aliphatic hydroxyl groups excluding tert-OH is 4. The van der Waals surface area contributed by atoms with Gasteiger partial charge in [-0.1, -0.05) is 73.5 Å². The summed E-state index contributed by atoms with van der Waals surface area (Å²) >= 11 is 0. The third kappa shape index (κ3) is 5.02. The van der Waals surface area contributed by atoms with E-state index in [9.17, 15) is 20.4 Å². The Morgan fingerprint density at radius 1 is 0.581 bits per heavy atom. The lowest BCUT2D eigenvalue weighted by Crippen LogP contribution is -2.44. The van der Waals surface area contributed by atoms with Crippen molar-refractivity contribution in [3.05, 3.63) is 71.8 Å². The predicted octanol–water partition coefficient (Wildman–Crippen LogP) is 3.53. The number of ether oxygens (including phenoxy) is 1. The Hall–Kier alpha value is -1.76. The molecule has 0 saturated heterocycles. The lowest BCUT2D eigenvalue weighted by molar-refractivity contribution is -0.160. The van der Waals surface area contributed by atoms with Gasteiger partial charge in [0.15, 0.2) is 0 Å². The van der Waals surface area contributed by atoms with Crippen molar-refractivity contribution in [3.63, 3.8) is 0 Å². The second-order valence-electron chi connectivity index (χ2n) is 9.10. The Labute approximate surface area is 184 Å². The van der Waals surface area contributed by atoms with Crippen LogP contribution in [0.5, 0.6) is 0 Å². The molecule has 4 N–H and O–H groups in total. The smallest absolute Gasteiger partial charge is 0.0887 e. The first-order valence-corrected chi connectivity index (χ1v) is 11.5. The van der Waals surface area contributed by atoms with Crippen LogP contribution in [0.2, 0.25) is 0 Å². The van der Waals surface area contributed by atoms with E-state index in [0.717, 1.165) is 36.8 Å². The molecule has 0 aliphatic heterocycles. The van der Waals surface area contributed by atoms with Crippen LogP contribution in [-0.4, -0.2) is 44.8 Å². The Kier molecular flexibility index (Phi) is 7.41. The first-order chi connectivity index (χ1) is 15.1. The fourth-order valence-electron chi connectivity index (χ4n) is 5.34. The summed E-state index contributed by atoms with van der Waals surface area (Å²) in [5, 5.41) is 42.4. The van der Waals surface area contributed by atoms with Gasteiger partial charge in [0.25, 0.3) is 0 Å². The maximum Gasteiger partial charge on any atom is 0.0887 e. The normalized spacial score (nSPS) is 33.5. The zero-order valence-electron chi connectivity index (χ0n) is 17.8. The molecule has 2 aromatic rings. The van der Waals surface area contributed by atoms with E-state index in [1.54, 1.807) is 0 Å². The van der Waals surface area contributed by atoms with Crippen molar-refractivity contribution in [2.45, 2.75) is 75.1 Å². The lowest BCUT2D eigenvalue weighted by Gasteiger charge is -2.42. The largest absolute Gasteiger partial charge is 0.390 e. The highest BCUT2D eigenvalue weighted by Gasteiger charge is 2.42. The van der Waals surface area contributed by atoms with Crippen LogP contribution in [0.3, 0.4) is 0 Å². The average Bonchev–Trinajstić information content (AvgIpc) is 2.80. The van der Waals surface area contributed by atoms with Gasteiger partial charge in [-0.2, -0.15) is 0 Å². The summed E-state index contributed by atoms with van der Waals surface area (Å²) in [5.74, 6) is -0.494. The molecule has 0 spiro atoms. The molecule has 2 aromatic carbocycles. The summed E-state index contributed by atoms with van der Waals surface area (Å²) in [6.45, 7) is 0. The van der Waals surface area contributed by atoms with Crippen LogP contribution in [0.25, 0.3) is 0 Å². The number of rotatable bonds is 6. The fraction of sp³-hybridized carbons (Fsp3) is 0.538. The third-order valence-electron chi connectivity index (χ3n) is 7.07. The van der Waals surface area contributed by atoms with Crippen LogP contribution in [0.1, 0.15) is 61.9 Å². The summed E-state index contributed by atoms with van der Waals surface area (Å²) in [6, 6.07) is 19.7. The Bertz CT molecular complexity index is 730. The minimum absolute atomic E-state index is 0.247. The Morgan fingerprint density at radius 2 is 0.968 bits per heavy atom. The van der Waals surface area contributed by atoms with E-state index in [1.807, 2.05) is 60.7 Å². The van der Waals surface area contributed by atoms with Crippen molar-refractivity contribution < 1.29 is 25.2 Å². The minimum atomic E-state index is -0.864. The molecule has 0 radical (unpaired) electrons.